The number of likely N-dealkylation sites (tertiary alicyclic amines) is 1. The minimum atomic E-state index is 0.297. The van der Waals surface area contributed by atoms with Crippen LogP contribution in [0.2, 0.25) is 0 Å². The van der Waals surface area contributed by atoms with Gasteiger partial charge in [-0.2, -0.15) is 0 Å². The van der Waals surface area contributed by atoms with E-state index in [0.717, 1.165) is 19.5 Å². The van der Waals surface area contributed by atoms with Crippen molar-refractivity contribution in [3.63, 3.8) is 0 Å². The first-order chi connectivity index (χ1) is 6.27. The molecule has 0 amide bonds. The van der Waals surface area contributed by atoms with Crippen molar-refractivity contribution in [1.29, 1.82) is 0 Å². The summed E-state index contributed by atoms with van der Waals surface area (Å²) in [6.07, 6.45) is 3.42. The first-order valence-electron chi connectivity index (χ1n) is 5.33. The zero-order valence-electron chi connectivity index (χ0n) is 8.58. The summed E-state index contributed by atoms with van der Waals surface area (Å²) in [6.45, 7) is 5.59. The minimum absolute atomic E-state index is 0.297. The van der Waals surface area contributed by atoms with Crippen molar-refractivity contribution in [3.8, 4) is 0 Å². The van der Waals surface area contributed by atoms with Crippen LogP contribution in [0.4, 0.5) is 0 Å². The summed E-state index contributed by atoms with van der Waals surface area (Å²) in [7, 11) is 0. The topological polar surface area (TPSA) is 49.5 Å². The van der Waals surface area contributed by atoms with E-state index in [0.29, 0.717) is 18.6 Å². The average molecular weight is 186 g/mol. The largest absolute Gasteiger partial charge is 0.396 e. The Labute approximate surface area is 80.9 Å². The summed E-state index contributed by atoms with van der Waals surface area (Å²) in [5.41, 5.74) is 5.66. The van der Waals surface area contributed by atoms with Gasteiger partial charge in [-0.25, -0.2) is 0 Å². The van der Waals surface area contributed by atoms with Gasteiger partial charge in [0.25, 0.3) is 0 Å². The molecular formula is C10H22N2O. The number of nitrogens with two attached hydrogens (primary N) is 1. The first kappa shape index (κ1) is 11.0. The van der Waals surface area contributed by atoms with Gasteiger partial charge in [0.15, 0.2) is 0 Å². The third-order valence-corrected chi connectivity index (χ3v) is 3.05. The van der Waals surface area contributed by atoms with Gasteiger partial charge in [-0.3, -0.25) is 0 Å². The smallest absolute Gasteiger partial charge is 0.0445 e. The lowest BCUT2D eigenvalue weighted by Gasteiger charge is -2.36. The van der Waals surface area contributed by atoms with E-state index in [4.69, 9.17) is 10.8 Å². The average Bonchev–Trinajstić information content (AvgIpc) is 2.18. The van der Waals surface area contributed by atoms with Crippen LogP contribution in [0.5, 0.6) is 0 Å². The number of piperidine rings is 1. The summed E-state index contributed by atoms with van der Waals surface area (Å²) >= 11 is 0. The van der Waals surface area contributed by atoms with Gasteiger partial charge >= 0.3 is 0 Å². The zero-order chi connectivity index (χ0) is 9.68. The fraction of sp³-hybridized carbons (Fsp3) is 1.00. The van der Waals surface area contributed by atoms with Crippen molar-refractivity contribution < 1.29 is 5.11 Å². The van der Waals surface area contributed by atoms with Crippen LogP contribution in [0.3, 0.4) is 0 Å². The van der Waals surface area contributed by atoms with E-state index in [1.54, 1.807) is 0 Å². The predicted molar refractivity (Wildman–Crippen MR) is 54.5 cm³/mol. The van der Waals surface area contributed by atoms with Gasteiger partial charge in [0, 0.05) is 19.2 Å². The number of aliphatic hydroxyl groups is 1. The van der Waals surface area contributed by atoms with Gasteiger partial charge in [0.2, 0.25) is 0 Å². The van der Waals surface area contributed by atoms with Crippen LogP contribution in [0.15, 0.2) is 0 Å². The van der Waals surface area contributed by atoms with E-state index >= 15 is 0 Å². The van der Waals surface area contributed by atoms with Crippen molar-refractivity contribution >= 4 is 0 Å². The summed E-state index contributed by atoms with van der Waals surface area (Å²) < 4.78 is 0. The molecule has 3 nitrogen and oxygen atoms in total. The molecule has 2 unspecified atom stereocenters. The minimum Gasteiger partial charge on any atom is -0.396 e. The highest BCUT2D eigenvalue weighted by molar-refractivity contribution is 4.77. The lowest BCUT2D eigenvalue weighted by atomic mass is 9.96. The quantitative estimate of drug-likeness (QED) is 0.669. The number of aliphatic hydroxyl groups excluding tert-OH is 1. The SMILES string of the molecule is CC(CCO)N1CCCC(CN)C1. The number of hydrogen-bond donors (Lipinski definition) is 2. The summed E-state index contributed by atoms with van der Waals surface area (Å²) in [5.74, 6) is 0.676. The van der Waals surface area contributed by atoms with Gasteiger partial charge < -0.3 is 15.7 Å². The molecule has 1 heterocycles. The van der Waals surface area contributed by atoms with Crippen molar-refractivity contribution in [2.75, 3.05) is 26.2 Å². The van der Waals surface area contributed by atoms with Gasteiger partial charge in [-0.1, -0.05) is 0 Å². The molecule has 1 saturated heterocycles. The van der Waals surface area contributed by atoms with Crippen LogP contribution in [0.1, 0.15) is 26.2 Å². The van der Waals surface area contributed by atoms with Crippen LogP contribution in [-0.4, -0.2) is 42.3 Å². The Morgan fingerprint density at radius 2 is 2.38 bits per heavy atom. The second-order valence-electron chi connectivity index (χ2n) is 4.10. The fourth-order valence-electron chi connectivity index (χ4n) is 2.06. The van der Waals surface area contributed by atoms with Gasteiger partial charge in [-0.15, -0.1) is 0 Å². The molecule has 0 aromatic rings. The molecule has 1 fully saturated rings. The molecular weight excluding hydrogens is 164 g/mol. The monoisotopic (exact) mass is 186 g/mol. The Bertz CT molecular complexity index is 141. The summed E-state index contributed by atoms with van der Waals surface area (Å²) in [5, 5.41) is 8.84. The number of rotatable bonds is 4. The van der Waals surface area contributed by atoms with E-state index in [1.165, 1.54) is 19.4 Å². The highest BCUT2D eigenvalue weighted by atomic mass is 16.3. The third kappa shape index (κ3) is 3.25. The van der Waals surface area contributed by atoms with E-state index < -0.39 is 0 Å². The van der Waals surface area contributed by atoms with Crippen LogP contribution >= 0.6 is 0 Å². The molecule has 0 aromatic heterocycles. The van der Waals surface area contributed by atoms with Crippen LogP contribution in [0.25, 0.3) is 0 Å². The Morgan fingerprint density at radius 1 is 1.62 bits per heavy atom. The van der Waals surface area contributed by atoms with Crippen LogP contribution in [0, 0.1) is 5.92 Å². The molecule has 1 aliphatic rings. The maximum Gasteiger partial charge on any atom is 0.0445 e. The second kappa shape index (κ2) is 5.58. The van der Waals surface area contributed by atoms with Gasteiger partial charge in [-0.05, 0) is 45.2 Å². The predicted octanol–water partition coefficient (Wildman–Crippen LogP) is 0.428. The van der Waals surface area contributed by atoms with E-state index in [2.05, 4.69) is 11.8 Å². The highest BCUT2D eigenvalue weighted by Crippen LogP contribution is 2.18. The van der Waals surface area contributed by atoms with Crippen molar-refractivity contribution in [2.24, 2.45) is 11.7 Å². The van der Waals surface area contributed by atoms with Crippen LogP contribution < -0.4 is 5.73 Å². The Kier molecular flexibility index (Phi) is 4.70. The maximum absolute atomic E-state index is 8.84. The molecule has 1 rings (SSSR count). The Balaban J connectivity index is 2.32. The fourth-order valence-corrected chi connectivity index (χ4v) is 2.06. The molecule has 0 saturated carbocycles. The zero-order valence-corrected chi connectivity index (χ0v) is 8.58. The van der Waals surface area contributed by atoms with Crippen molar-refractivity contribution in [1.82, 2.24) is 4.90 Å². The molecule has 3 N–H and O–H groups in total. The molecule has 13 heavy (non-hydrogen) atoms. The van der Waals surface area contributed by atoms with Crippen molar-refractivity contribution in [3.05, 3.63) is 0 Å². The number of hydrogen-bond acceptors (Lipinski definition) is 3. The molecule has 0 bridgehead atoms. The summed E-state index contributed by atoms with van der Waals surface area (Å²) in [6, 6.07) is 0.513. The van der Waals surface area contributed by atoms with E-state index in [-0.39, 0.29) is 0 Å². The molecule has 78 valence electrons. The molecule has 3 heteroatoms. The normalized spacial score (nSPS) is 27.5. The van der Waals surface area contributed by atoms with Gasteiger partial charge in [0.05, 0.1) is 0 Å². The maximum atomic E-state index is 8.84. The van der Waals surface area contributed by atoms with Crippen molar-refractivity contribution in [2.45, 2.75) is 32.2 Å². The molecule has 1 aliphatic heterocycles. The molecule has 0 spiro atoms. The molecule has 0 aromatic carbocycles. The standard InChI is InChI=1S/C10H22N2O/c1-9(4-6-13)12-5-2-3-10(7-11)8-12/h9-10,13H,2-8,11H2,1H3. The van der Waals surface area contributed by atoms with Crippen LogP contribution in [-0.2, 0) is 0 Å². The Morgan fingerprint density at radius 3 is 3.00 bits per heavy atom. The Hall–Kier alpha value is -0.120. The lowest BCUT2D eigenvalue weighted by Crippen LogP contribution is -2.43. The molecule has 2 atom stereocenters. The van der Waals surface area contributed by atoms with E-state index in [9.17, 15) is 0 Å². The highest BCUT2D eigenvalue weighted by Gasteiger charge is 2.21. The summed E-state index contributed by atoms with van der Waals surface area (Å²) in [4.78, 5) is 2.46. The third-order valence-electron chi connectivity index (χ3n) is 3.05. The second-order valence-corrected chi connectivity index (χ2v) is 4.10. The van der Waals surface area contributed by atoms with E-state index in [1.807, 2.05) is 0 Å². The van der Waals surface area contributed by atoms with Gasteiger partial charge in [0.1, 0.15) is 0 Å². The molecule has 0 aliphatic carbocycles. The molecule has 0 radical (unpaired) electrons. The number of nitrogens with zero attached hydrogens (tertiary/aromatic N) is 1. The lowest BCUT2D eigenvalue weighted by molar-refractivity contribution is 0.114. The first-order valence-corrected chi connectivity index (χ1v) is 5.33.